The van der Waals surface area contributed by atoms with Gasteiger partial charge in [0.2, 0.25) is 0 Å². The molecule has 1 amide bonds. The number of aryl methyl sites for hydroxylation is 1. The summed E-state index contributed by atoms with van der Waals surface area (Å²) in [7, 11) is 0. The third kappa shape index (κ3) is 3.61. The highest BCUT2D eigenvalue weighted by molar-refractivity contribution is 6.40. The Morgan fingerprint density at radius 1 is 1.08 bits per heavy atom. The predicted molar refractivity (Wildman–Crippen MR) is 96.9 cm³/mol. The maximum atomic E-state index is 12.3. The minimum absolute atomic E-state index is 0.245. The normalized spacial score (nSPS) is 10.6. The molecule has 24 heavy (non-hydrogen) atoms. The van der Waals surface area contributed by atoms with Crippen LogP contribution in [0.25, 0.3) is 0 Å². The number of benzene rings is 2. The fourth-order valence-corrected chi connectivity index (χ4v) is 2.94. The van der Waals surface area contributed by atoms with Crippen LogP contribution in [0.4, 0.5) is 5.82 Å². The summed E-state index contributed by atoms with van der Waals surface area (Å²) in [5.41, 5.74) is 2.61. The van der Waals surface area contributed by atoms with Crippen LogP contribution < -0.4 is 5.32 Å². The van der Waals surface area contributed by atoms with Gasteiger partial charge in [0.15, 0.2) is 5.82 Å². The number of halogens is 2. The topological polar surface area (TPSA) is 46.9 Å². The zero-order valence-electron chi connectivity index (χ0n) is 13.0. The van der Waals surface area contributed by atoms with E-state index in [1.54, 1.807) is 28.9 Å². The zero-order chi connectivity index (χ0) is 17.1. The molecule has 0 saturated heterocycles. The molecule has 0 spiro atoms. The molecule has 1 N–H and O–H groups in total. The molecule has 122 valence electrons. The fourth-order valence-electron chi connectivity index (χ4n) is 2.37. The molecule has 0 saturated carbocycles. The summed E-state index contributed by atoms with van der Waals surface area (Å²) >= 11 is 12.1. The van der Waals surface area contributed by atoms with Crippen molar-refractivity contribution in [3.05, 3.63) is 81.5 Å². The first-order valence-electron chi connectivity index (χ1n) is 7.38. The summed E-state index contributed by atoms with van der Waals surface area (Å²) in [6.07, 6.45) is 1.82. The molecule has 0 unspecified atom stereocenters. The second-order valence-electron chi connectivity index (χ2n) is 5.38. The number of amides is 1. The Morgan fingerprint density at radius 3 is 2.50 bits per heavy atom. The van der Waals surface area contributed by atoms with E-state index in [-0.39, 0.29) is 11.5 Å². The Kier molecular flexibility index (Phi) is 4.88. The lowest BCUT2D eigenvalue weighted by Crippen LogP contribution is -2.14. The molecule has 1 heterocycles. The van der Waals surface area contributed by atoms with Crippen LogP contribution in [0.15, 0.2) is 54.7 Å². The van der Waals surface area contributed by atoms with Crippen LogP contribution in [0.3, 0.4) is 0 Å². The molecule has 3 rings (SSSR count). The molecule has 3 aromatic rings. The number of carbonyl (C=O) groups excluding carboxylic acids is 1. The number of carbonyl (C=O) groups is 1. The minimum atomic E-state index is -0.383. The summed E-state index contributed by atoms with van der Waals surface area (Å²) in [5.74, 6) is 0.0660. The minimum Gasteiger partial charge on any atom is -0.305 e. The number of nitrogens with zero attached hydrogens (tertiary/aromatic N) is 2. The van der Waals surface area contributed by atoms with Crippen molar-refractivity contribution >= 4 is 34.9 Å². The summed E-state index contributed by atoms with van der Waals surface area (Å²) in [6, 6.07) is 14.8. The lowest BCUT2D eigenvalue weighted by molar-refractivity contribution is 0.102. The van der Waals surface area contributed by atoms with Crippen molar-refractivity contribution in [3.8, 4) is 0 Å². The van der Waals surface area contributed by atoms with Crippen LogP contribution in [0.1, 0.15) is 21.5 Å². The van der Waals surface area contributed by atoms with Gasteiger partial charge in [0, 0.05) is 12.3 Å². The van der Waals surface area contributed by atoms with Gasteiger partial charge in [-0.05, 0) is 30.2 Å². The molecule has 6 heteroatoms. The molecular formula is C18H15Cl2N3O. The number of aromatic nitrogens is 2. The van der Waals surface area contributed by atoms with E-state index < -0.39 is 0 Å². The highest BCUT2D eigenvalue weighted by atomic mass is 35.5. The van der Waals surface area contributed by atoms with Gasteiger partial charge in [-0.15, -0.1) is 0 Å². The van der Waals surface area contributed by atoms with Gasteiger partial charge in [0.05, 0.1) is 22.2 Å². The van der Waals surface area contributed by atoms with Crippen molar-refractivity contribution in [2.45, 2.75) is 13.5 Å². The first-order chi connectivity index (χ1) is 11.5. The Morgan fingerprint density at radius 2 is 1.79 bits per heavy atom. The molecule has 0 aliphatic rings. The quantitative estimate of drug-likeness (QED) is 0.727. The van der Waals surface area contributed by atoms with Crippen molar-refractivity contribution in [1.29, 1.82) is 0 Å². The standard InChI is InChI=1S/C18H15Cl2N3O/c1-12-5-2-3-6-13(12)11-23-10-9-16(22-23)21-18(24)17-14(19)7-4-8-15(17)20/h2-10H,11H2,1H3,(H,21,22,24). The Bertz CT molecular complexity index is 869. The monoisotopic (exact) mass is 359 g/mol. The lowest BCUT2D eigenvalue weighted by atomic mass is 10.1. The molecule has 0 aliphatic carbocycles. The number of anilines is 1. The third-order valence-corrected chi connectivity index (χ3v) is 4.30. The Labute approximate surface area is 150 Å². The van der Waals surface area contributed by atoms with Crippen molar-refractivity contribution < 1.29 is 4.79 Å². The molecule has 1 aromatic heterocycles. The summed E-state index contributed by atoms with van der Waals surface area (Å²) in [4.78, 5) is 12.3. The van der Waals surface area contributed by atoms with E-state index in [9.17, 15) is 4.79 Å². The Balaban J connectivity index is 1.75. The molecule has 4 nitrogen and oxygen atoms in total. The smallest absolute Gasteiger partial charge is 0.259 e. The van der Waals surface area contributed by atoms with E-state index in [0.29, 0.717) is 22.4 Å². The van der Waals surface area contributed by atoms with E-state index in [2.05, 4.69) is 29.5 Å². The number of nitrogens with one attached hydrogen (secondary N) is 1. The van der Waals surface area contributed by atoms with Crippen LogP contribution in [-0.2, 0) is 6.54 Å². The van der Waals surface area contributed by atoms with Gasteiger partial charge in [-0.1, -0.05) is 53.5 Å². The maximum absolute atomic E-state index is 12.3. The van der Waals surface area contributed by atoms with Gasteiger partial charge in [-0.3, -0.25) is 9.48 Å². The van der Waals surface area contributed by atoms with Gasteiger partial charge < -0.3 is 5.32 Å². The van der Waals surface area contributed by atoms with E-state index in [0.717, 1.165) is 0 Å². The van der Waals surface area contributed by atoms with Crippen LogP contribution in [-0.4, -0.2) is 15.7 Å². The third-order valence-electron chi connectivity index (χ3n) is 3.67. The summed E-state index contributed by atoms with van der Waals surface area (Å²) in [6.45, 7) is 2.69. The molecular weight excluding hydrogens is 345 g/mol. The largest absolute Gasteiger partial charge is 0.305 e. The second-order valence-corrected chi connectivity index (χ2v) is 6.19. The first kappa shape index (κ1) is 16.6. The van der Waals surface area contributed by atoms with Crippen LogP contribution >= 0.6 is 23.2 Å². The van der Waals surface area contributed by atoms with E-state index in [4.69, 9.17) is 23.2 Å². The van der Waals surface area contributed by atoms with Crippen LogP contribution in [0.5, 0.6) is 0 Å². The molecule has 0 aliphatic heterocycles. The van der Waals surface area contributed by atoms with Crippen molar-refractivity contribution in [2.75, 3.05) is 5.32 Å². The van der Waals surface area contributed by atoms with Crippen molar-refractivity contribution in [3.63, 3.8) is 0 Å². The highest BCUT2D eigenvalue weighted by Gasteiger charge is 2.15. The number of hydrogen-bond acceptors (Lipinski definition) is 2. The average molecular weight is 360 g/mol. The average Bonchev–Trinajstić information content (AvgIpc) is 2.96. The highest BCUT2D eigenvalue weighted by Crippen LogP contribution is 2.25. The fraction of sp³-hybridized carbons (Fsp3) is 0.111. The van der Waals surface area contributed by atoms with E-state index in [1.807, 2.05) is 18.3 Å². The Hall–Kier alpha value is -2.30. The molecule has 0 fully saturated rings. The lowest BCUT2D eigenvalue weighted by Gasteiger charge is -2.07. The van der Waals surface area contributed by atoms with Gasteiger partial charge in [0.25, 0.3) is 5.91 Å². The maximum Gasteiger partial charge on any atom is 0.259 e. The zero-order valence-corrected chi connectivity index (χ0v) is 14.5. The van der Waals surface area contributed by atoms with Crippen molar-refractivity contribution in [2.24, 2.45) is 0 Å². The molecule has 0 radical (unpaired) electrons. The summed E-state index contributed by atoms with van der Waals surface area (Å²) in [5, 5.41) is 7.70. The first-order valence-corrected chi connectivity index (χ1v) is 8.13. The van der Waals surface area contributed by atoms with E-state index in [1.165, 1.54) is 11.1 Å². The predicted octanol–water partition coefficient (Wildman–Crippen LogP) is 4.80. The van der Waals surface area contributed by atoms with Crippen molar-refractivity contribution in [1.82, 2.24) is 9.78 Å². The summed E-state index contributed by atoms with van der Waals surface area (Å²) < 4.78 is 1.77. The van der Waals surface area contributed by atoms with Gasteiger partial charge in [-0.25, -0.2) is 0 Å². The molecule has 0 atom stereocenters. The SMILES string of the molecule is Cc1ccccc1Cn1ccc(NC(=O)c2c(Cl)cccc2Cl)n1. The van der Waals surface area contributed by atoms with Crippen LogP contribution in [0, 0.1) is 6.92 Å². The number of hydrogen-bond donors (Lipinski definition) is 1. The molecule has 2 aromatic carbocycles. The van der Waals surface area contributed by atoms with E-state index >= 15 is 0 Å². The van der Waals surface area contributed by atoms with Gasteiger partial charge >= 0.3 is 0 Å². The van der Waals surface area contributed by atoms with Gasteiger partial charge in [-0.2, -0.15) is 5.10 Å². The van der Waals surface area contributed by atoms with Crippen LogP contribution in [0.2, 0.25) is 10.0 Å². The second kappa shape index (κ2) is 7.07. The number of rotatable bonds is 4. The van der Waals surface area contributed by atoms with Gasteiger partial charge in [0.1, 0.15) is 0 Å². The molecule has 0 bridgehead atoms.